The van der Waals surface area contributed by atoms with Crippen molar-refractivity contribution in [3.05, 3.63) is 83.9 Å². The van der Waals surface area contributed by atoms with Crippen molar-refractivity contribution in [3.63, 3.8) is 0 Å². The van der Waals surface area contributed by atoms with Crippen molar-refractivity contribution in [1.29, 1.82) is 0 Å². The molecule has 27 heavy (non-hydrogen) atoms. The molecule has 1 amide bonds. The van der Waals surface area contributed by atoms with E-state index in [9.17, 15) is 15.0 Å². The standard InChI is InChI=1S/C22H16N2O3/c25-20-12-16-7-2-1-6-15(16)11-19(20)22(27)24-23-13-17-10-9-14-5-3-4-8-18(14)21(17)26/h1-13,25-26H,(H,24,27)/b23-13+. The van der Waals surface area contributed by atoms with E-state index in [0.717, 1.165) is 16.2 Å². The summed E-state index contributed by atoms with van der Waals surface area (Å²) in [6.45, 7) is 0. The number of aromatic hydroxyl groups is 2. The molecule has 0 atom stereocenters. The first-order valence-electron chi connectivity index (χ1n) is 8.39. The molecule has 0 unspecified atom stereocenters. The number of hydrogen-bond acceptors (Lipinski definition) is 4. The molecule has 0 aromatic heterocycles. The Bertz CT molecular complexity index is 1200. The van der Waals surface area contributed by atoms with Crippen molar-refractivity contribution >= 4 is 33.7 Å². The van der Waals surface area contributed by atoms with Gasteiger partial charge in [-0.2, -0.15) is 5.10 Å². The van der Waals surface area contributed by atoms with Crippen LogP contribution in [-0.4, -0.2) is 22.3 Å². The Morgan fingerprint density at radius 3 is 2.30 bits per heavy atom. The zero-order chi connectivity index (χ0) is 18.8. The lowest BCUT2D eigenvalue weighted by molar-refractivity contribution is 0.0952. The summed E-state index contributed by atoms with van der Waals surface area (Å²) < 4.78 is 0. The number of rotatable bonds is 3. The van der Waals surface area contributed by atoms with E-state index in [1.54, 1.807) is 18.2 Å². The van der Waals surface area contributed by atoms with Crippen molar-refractivity contribution < 1.29 is 15.0 Å². The summed E-state index contributed by atoms with van der Waals surface area (Å²) in [6, 6.07) is 21.6. The number of benzene rings is 4. The fourth-order valence-corrected chi connectivity index (χ4v) is 3.01. The summed E-state index contributed by atoms with van der Waals surface area (Å²) in [7, 11) is 0. The van der Waals surface area contributed by atoms with Crippen LogP contribution in [0.3, 0.4) is 0 Å². The van der Waals surface area contributed by atoms with Crippen LogP contribution in [0.25, 0.3) is 21.5 Å². The second kappa shape index (κ2) is 6.80. The van der Waals surface area contributed by atoms with Crippen LogP contribution >= 0.6 is 0 Å². The molecular weight excluding hydrogens is 340 g/mol. The third kappa shape index (κ3) is 3.18. The highest BCUT2D eigenvalue weighted by atomic mass is 16.3. The van der Waals surface area contributed by atoms with Gasteiger partial charge < -0.3 is 10.2 Å². The molecule has 4 aromatic carbocycles. The number of fused-ring (bicyclic) bond motifs is 2. The zero-order valence-corrected chi connectivity index (χ0v) is 14.3. The molecule has 0 aliphatic carbocycles. The molecule has 0 saturated heterocycles. The maximum Gasteiger partial charge on any atom is 0.275 e. The Morgan fingerprint density at radius 1 is 0.852 bits per heavy atom. The van der Waals surface area contributed by atoms with Gasteiger partial charge in [0.15, 0.2) is 0 Å². The summed E-state index contributed by atoms with van der Waals surface area (Å²) in [5, 5.41) is 27.7. The van der Waals surface area contributed by atoms with Gasteiger partial charge in [0, 0.05) is 10.9 Å². The van der Waals surface area contributed by atoms with Gasteiger partial charge >= 0.3 is 0 Å². The monoisotopic (exact) mass is 356 g/mol. The topological polar surface area (TPSA) is 81.9 Å². The third-order valence-corrected chi connectivity index (χ3v) is 4.41. The lowest BCUT2D eigenvalue weighted by atomic mass is 10.1. The van der Waals surface area contributed by atoms with E-state index in [-0.39, 0.29) is 17.1 Å². The Morgan fingerprint density at radius 2 is 1.52 bits per heavy atom. The molecule has 4 aromatic rings. The van der Waals surface area contributed by atoms with Crippen LogP contribution in [0, 0.1) is 0 Å². The Kier molecular flexibility index (Phi) is 4.18. The minimum Gasteiger partial charge on any atom is -0.507 e. The number of nitrogens with one attached hydrogen (secondary N) is 1. The molecule has 0 saturated carbocycles. The number of phenolic OH excluding ortho intramolecular Hbond substituents is 2. The maximum atomic E-state index is 12.3. The van der Waals surface area contributed by atoms with Crippen molar-refractivity contribution in [2.45, 2.75) is 0 Å². The first-order valence-corrected chi connectivity index (χ1v) is 8.39. The first kappa shape index (κ1) is 16.6. The van der Waals surface area contributed by atoms with Crippen molar-refractivity contribution in [3.8, 4) is 11.5 Å². The van der Waals surface area contributed by atoms with Crippen LogP contribution in [-0.2, 0) is 0 Å². The summed E-state index contributed by atoms with van der Waals surface area (Å²) in [5.74, 6) is -0.551. The van der Waals surface area contributed by atoms with Crippen molar-refractivity contribution in [2.75, 3.05) is 0 Å². The van der Waals surface area contributed by atoms with Crippen LogP contribution in [0.2, 0.25) is 0 Å². The summed E-state index contributed by atoms with van der Waals surface area (Å²) in [4.78, 5) is 12.3. The smallest absolute Gasteiger partial charge is 0.275 e. The quantitative estimate of drug-likeness (QED) is 0.381. The van der Waals surface area contributed by atoms with E-state index >= 15 is 0 Å². The van der Waals surface area contributed by atoms with Gasteiger partial charge in [-0.15, -0.1) is 0 Å². The molecule has 5 heteroatoms. The van der Waals surface area contributed by atoms with E-state index in [1.165, 1.54) is 6.21 Å². The van der Waals surface area contributed by atoms with Crippen LogP contribution in [0.15, 0.2) is 77.9 Å². The van der Waals surface area contributed by atoms with Gasteiger partial charge in [0.2, 0.25) is 0 Å². The zero-order valence-electron chi connectivity index (χ0n) is 14.3. The maximum absolute atomic E-state index is 12.3. The third-order valence-electron chi connectivity index (χ3n) is 4.41. The Balaban J connectivity index is 1.57. The number of hydrazone groups is 1. The van der Waals surface area contributed by atoms with Crippen LogP contribution in [0.1, 0.15) is 15.9 Å². The number of amides is 1. The molecule has 5 nitrogen and oxygen atoms in total. The predicted octanol–water partition coefficient (Wildman–Crippen LogP) is 4.17. The lowest BCUT2D eigenvalue weighted by Crippen LogP contribution is -2.17. The average Bonchev–Trinajstić information content (AvgIpc) is 2.69. The Labute approximate surface area is 155 Å². The van der Waals surface area contributed by atoms with E-state index < -0.39 is 5.91 Å². The fraction of sp³-hybridized carbons (Fsp3) is 0. The molecular formula is C22H16N2O3. The van der Waals surface area contributed by atoms with Gasteiger partial charge in [-0.25, -0.2) is 5.43 Å². The number of hydrogen-bond donors (Lipinski definition) is 3. The summed E-state index contributed by atoms with van der Waals surface area (Å²) in [5.41, 5.74) is 3.00. The highest BCUT2D eigenvalue weighted by Crippen LogP contribution is 2.27. The van der Waals surface area contributed by atoms with Gasteiger partial charge in [0.05, 0.1) is 11.8 Å². The van der Waals surface area contributed by atoms with Crippen LogP contribution < -0.4 is 5.43 Å². The van der Waals surface area contributed by atoms with E-state index in [2.05, 4.69) is 10.5 Å². The predicted molar refractivity (Wildman–Crippen MR) is 106 cm³/mol. The second-order valence-electron chi connectivity index (χ2n) is 6.14. The summed E-state index contributed by atoms with van der Waals surface area (Å²) in [6.07, 6.45) is 1.37. The minimum absolute atomic E-state index is 0.0969. The van der Waals surface area contributed by atoms with Crippen molar-refractivity contribution in [2.24, 2.45) is 5.10 Å². The second-order valence-corrected chi connectivity index (χ2v) is 6.14. The number of carbonyl (C=O) groups excluding carboxylic acids is 1. The summed E-state index contributed by atoms with van der Waals surface area (Å²) >= 11 is 0. The molecule has 0 radical (unpaired) electrons. The molecule has 0 aliphatic rings. The van der Waals surface area contributed by atoms with Gasteiger partial charge in [0.25, 0.3) is 5.91 Å². The number of phenols is 2. The van der Waals surface area contributed by atoms with Gasteiger partial charge in [-0.3, -0.25) is 4.79 Å². The fourth-order valence-electron chi connectivity index (χ4n) is 3.01. The SMILES string of the molecule is O=C(N/N=C/c1ccc2ccccc2c1O)c1cc2ccccc2cc1O. The van der Waals surface area contributed by atoms with Gasteiger partial charge in [-0.05, 0) is 34.4 Å². The normalized spacial score (nSPS) is 11.3. The molecule has 3 N–H and O–H groups in total. The molecule has 0 bridgehead atoms. The van der Waals surface area contributed by atoms with Crippen LogP contribution in [0.4, 0.5) is 0 Å². The minimum atomic E-state index is -0.533. The molecule has 0 spiro atoms. The molecule has 132 valence electrons. The van der Waals surface area contributed by atoms with Gasteiger partial charge in [0.1, 0.15) is 11.5 Å². The van der Waals surface area contributed by atoms with E-state index in [0.29, 0.717) is 10.9 Å². The average molecular weight is 356 g/mol. The number of nitrogens with zero attached hydrogens (tertiary/aromatic N) is 1. The van der Waals surface area contributed by atoms with Crippen LogP contribution in [0.5, 0.6) is 11.5 Å². The molecule has 0 heterocycles. The molecule has 0 aliphatic heterocycles. The first-order chi connectivity index (χ1) is 13.1. The lowest BCUT2D eigenvalue weighted by Gasteiger charge is -2.06. The largest absolute Gasteiger partial charge is 0.507 e. The highest BCUT2D eigenvalue weighted by molar-refractivity contribution is 6.02. The number of carbonyl (C=O) groups is 1. The molecule has 4 rings (SSSR count). The van der Waals surface area contributed by atoms with Crippen molar-refractivity contribution in [1.82, 2.24) is 5.43 Å². The Hall–Kier alpha value is -3.86. The van der Waals surface area contributed by atoms with E-state index in [1.807, 2.05) is 54.6 Å². The van der Waals surface area contributed by atoms with E-state index in [4.69, 9.17) is 0 Å². The highest BCUT2D eigenvalue weighted by Gasteiger charge is 2.12. The molecule has 0 fully saturated rings. The van der Waals surface area contributed by atoms with Gasteiger partial charge in [-0.1, -0.05) is 54.6 Å².